The molecule has 0 bridgehead atoms. The third kappa shape index (κ3) is 7.17. The third-order valence-electron chi connectivity index (χ3n) is 4.32. The van der Waals surface area contributed by atoms with Crippen molar-refractivity contribution in [2.24, 2.45) is 11.3 Å². The van der Waals surface area contributed by atoms with Gasteiger partial charge in [0.1, 0.15) is 12.1 Å². The zero-order valence-corrected chi connectivity index (χ0v) is 16.8. The molecule has 0 saturated carbocycles. The molecule has 1 rings (SSSR count). The van der Waals surface area contributed by atoms with Crippen LogP contribution in [0.4, 0.5) is 0 Å². The summed E-state index contributed by atoms with van der Waals surface area (Å²) in [6, 6.07) is 7.63. The van der Waals surface area contributed by atoms with E-state index in [1.54, 1.807) is 7.05 Å². The molecule has 0 amide bonds. The number of rotatable bonds is 8. The van der Waals surface area contributed by atoms with Crippen molar-refractivity contribution >= 4 is 5.97 Å². The van der Waals surface area contributed by atoms with E-state index >= 15 is 0 Å². The molecule has 0 aliphatic carbocycles. The van der Waals surface area contributed by atoms with Gasteiger partial charge in [-0.1, -0.05) is 58.9 Å². The van der Waals surface area contributed by atoms with E-state index in [9.17, 15) is 9.90 Å². The second kappa shape index (κ2) is 8.81. The minimum absolute atomic E-state index is 0.0188. The summed E-state index contributed by atoms with van der Waals surface area (Å²) in [4.78, 5) is 12.5. The summed E-state index contributed by atoms with van der Waals surface area (Å²) in [5.41, 5.74) is 1.14. The predicted octanol–water partition coefficient (Wildman–Crippen LogP) is 4.22. The number of esters is 1. The van der Waals surface area contributed by atoms with Gasteiger partial charge in [-0.05, 0) is 49.3 Å². The van der Waals surface area contributed by atoms with E-state index in [0.717, 1.165) is 17.5 Å². The van der Waals surface area contributed by atoms with Gasteiger partial charge < -0.3 is 15.2 Å². The minimum Gasteiger partial charge on any atom is -0.459 e. The van der Waals surface area contributed by atoms with Crippen molar-refractivity contribution in [3.63, 3.8) is 0 Å². The molecular formula is C21H35NO3. The number of ether oxygens (including phenoxy) is 1. The lowest BCUT2D eigenvalue weighted by Gasteiger charge is -2.33. The number of aliphatic hydroxyl groups excluding tert-OH is 1. The number of likely N-dealkylation sites (N-methyl/N-ethyl adjacent to an activating group) is 1. The number of hydrogen-bond donors (Lipinski definition) is 2. The largest absolute Gasteiger partial charge is 0.459 e. The van der Waals surface area contributed by atoms with Gasteiger partial charge in [0.05, 0.1) is 6.10 Å². The van der Waals surface area contributed by atoms with E-state index in [0.29, 0.717) is 12.3 Å². The number of aliphatic hydroxyl groups is 1. The van der Waals surface area contributed by atoms with Crippen molar-refractivity contribution in [2.75, 3.05) is 7.05 Å². The first-order valence-electron chi connectivity index (χ1n) is 9.10. The number of hydrogen-bond acceptors (Lipinski definition) is 4. The normalized spacial score (nSPS) is 15.7. The Balaban J connectivity index is 2.66. The second-order valence-corrected chi connectivity index (χ2v) is 8.78. The maximum Gasteiger partial charge on any atom is 0.326 e. The van der Waals surface area contributed by atoms with E-state index < -0.39 is 11.6 Å². The van der Waals surface area contributed by atoms with Gasteiger partial charge in [-0.2, -0.15) is 0 Å². The van der Waals surface area contributed by atoms with Crippen LogP contribution < -0.4 is 5.32 Å². The lowest BCUT2D eigenvalue weighted by Crippen LogP contribution is -2.50. The van der Waals surface area contributed by atoms with Gasteiger partial charge in [-0.25, -0.2) is 0 Å². The molecule has 0 aliphatic rings. The molecule has 2 atom stereocenters. The van der Waals surface area contributed by atoms with E-state index in [1.165, 1.54) is 0 Å². The average molecular weight is 350 g/mol. The van der Waals surface area contributed by atoms with Gasteiger partial charge in [0.25, 0.3) is 0 Å². The maximum absolute atomic E-state index is 12.5. The van der Waals surface area contributed by atoms with Crippen molar-refractivity contribution in [2.45, 2.75) is 72.6 Å². The van der Waals surface area contributed by atoms with Crippen LogP contribution in [0.1, 0.15) is 71.6 Å². The van der Waals surface area contributed by atoms with E-state index in [1.807, 2.05) is 31.2 Å². The Bertz CT molecular complexity index is 545. The number of carbonyl (C=O) groups excluding carboxylic acids is 1. The van der Waals surface area contributed by atoms with Gasteiger partial charge >= 0.3 is 5.97 Å². The molecule has 1 aromatic rings. The Morgan fingerprint density at radius 1 is 1.16 bits per heavy atom. The number of benzene rings is 1. The standard InChI is InChI=1S/C21H35NO3/c1-15(2)12-18(23)17-10-8-16(9-11-17)13-25-19(24)21(6,22-7)14-20(3,4)5/h8-11,15,18,22-23H,12-14H2,1-7H3. The van der Waals surface area contributed by atoms with Crippen LogP contribution in [-0.2, 0) is 16.1 Å². The van der Waals surface area contributed by atoms with Crippen LogP contribution in [0.2, 0.25) is 0 Å². The molecule has 4 heteroatoms. The molecule has 0 aromatic heterocycles. The molecule has 2 N–H and O–H groups in total. The summed E-state index contributed by atoms with van der Waals surface area (Å²) >= 11 is 0. The molecule has 1 aromatic carbocycles. The van der Waals surface area contributed by atoms with Crippen molar-refractivity contribution in [1.82, 2.24) is 5.32 Å². The summed E-state index contributed by atoms with van der Waals surface area (Å²) in [5.74, 6) is 0.200. The van der Waals surface area contributed by atoms with E-state index in [2.05, 4.69) is 39.9 Å². The lowest BCUT2D eigenvalue weighted by molar-refractivity contribution is -0.153. The van der Waals surface area contributed by atoms with Gasteiger partial charge in [0.2, 0.25) is 0 Å². The minimum atomic E-state index is -0.703. The Morgan fingerprint density at radius 3 is 2.16 bits per heavy atom. The molecule has 0 radical (unpaired) electrons. The lowest BCUT2D eigenvalue weighted by atomic mass is 9.81. The van der Waals surface area contributed by atoms with Crippen molar-refractivity contribution in [3.8, 4) is 0 Å². The first kappa shape index (κ1) is 21.7. The first-order chi connectivity index (χ1) is 11.5. The highest BCUT2D eigenvalue weighted by molar-refractivity contribution is 5.80. The summed E-state index contributed by atoms with van der Waals surface area (Å²) < 4.78 is 5.53. The second-order valence-electron chi connectivity index (χ2n) is 8.78. The molecule has 142 valence electrons. The van der Waals surface area contributed by atoms with E-state index in [-0.39, 0.29) is 18.0 Å². The van der Waals surface area contributed by atoms with Gasteiger partial charge in [0.15, 0.2) is 0 Å². The first-order valence-corrected chi connectivity index (χ1v) is 9.10. The van der Waals surface area contributed by atoms with Crippen LogP contribution >= 0.6 is 0 Å². The highest BCUT2D eigenvalue weighted by Crippen LogP contribution is 2.28. The highest BCUT2D eigenvalue weighted by Gasteiger charge is 2.37. The SMILES string of the molecule is CNC(C)(CC(C)(C)C)C(=O)OCc1ccc(C(O)CC(C)C)cc1. The van der Waals surface area contributed by atoms with Crippen molar-refractivity contribution in [3.05, 3.63) is 35.4 Å². The Morgan fingerprint density at radius 2 is 1.72 bits per heavy atom. The van der Waals surface area contributed by atoms with Crippen LogP contribution in [0, 0.1) is 11.3 Å². The molecule has 4 nitrogen and oxygen atoms in total. The zero-order chi connectivity index (χ0) is 19.3. The molecular weight excluding hydrogens is 314 g/mol. The fourth-order valence-corrected chi connectivity index (χ4v) is 3.05. The zero-order valence-electron chi connectivity index (χ0n) is 16.8. The van der Waals surface area contributed by atoms with Crippen LogP contribution in [0.25, 0.3) is 0 Å². The van der Waals surface area contributed by atoms with Crippen molar-refractivity contribution in [1.29, 1.82) is 0 Å². The third-order valence-corrected chi connectivity index (χ3v) is 4.32. The van der Waals surface area contributed by atoms with Crippen LogP contribution in [0.5, 0.6) is 0 Å². The van der Waals surface area contributed by atoms with Gasteiger partial charge in [0, 0.05) is 0 Å². The average Bonchev–Trinajstić information content (AvgIpc) is 2.50. The smallest absolute Gasteiger partial charge is 0.326 e. The fourth-order valence-electron chi connectivity index (χ4n) is 3.05. The summed E-state index contributed by atoms with van der Waals surface area (Å²) in [5, 5.41) is 13.3. The Kier molecular flexibility index (Phi) is 7.63. The van der Waals surface area contributed by atoms with Gasteiger partial charge in [-0.15, -0.1) is 0 Å². The molecule has 0 saturated heterocycles. The van der Waals surface area contributed by atoms with Crippen LogP contribution in [0.15, 0.2) is 24.3 Å². The monoisotopic (exact) mass is 349 g/mol. The Hall–Kier alpha value is -1.39. The maximum atomic E-state index is 12.5. The predicted molar refractivity (Wildman–Crippen MR) is 102 cm³/mol. The number of carbonyl (C=O) groups is 1. The molecule has 2 unspecified atom stereocenters. The Labute approximate surface area is 153 Å². The highest BCUT2D eigenvalue weighted by atomic mass is 16.5. The topological polar surface area (TPSA) is 58.6 Å². The summed E-state index contributed by atoms with van der Waals surface area (Å²) in [6.45, 7) is 12.6. The van der Waals surface area contributed by atoms with Gasteiger partial charge in [-0.3, -0.25) is 4.79 Å². The quantitative estimate of drug-likeness (QED) is 0.690. The molecule has 0 fully saturated rings. The van der Waals surface area contributed by atoms with Crippen molar-refractivity contribution < 1.29 is 14.6 Å². The number of nitrogens with one attached hydrogen (secondary N) is 1. The molecule has 0 spiro atoms. The summed E-state index contributed by atoms with van der Waals surface area (Å²) in [7, 11) is 1.79. The molecule has 0 aliphatic heterocycles. The summed E-state index contributed by atoms with van der Waals surface area (Å²) in [6.07, 6.45) is 0.980. The fraction of sp³-hybridized carbons (Fsp3) is 0.667. The van der Waals surface area contributed by atoms with E-state index in [4.69, 9.17) is 4.74 Å². The molecule has 0 heterocycles. The van der Waals surface area contributed by atoms with Crippen LogP contribution in [0.3, 0.4) is 0 Å². The molecule has 25 heavy (non-hydrogen) atoms. The van der Waals surface area contributed by atoms with Crippen LogP contribution in [-0.4, -0.2) is 23.7 Å².